The van der Waals surface area contributed by atoms with Crippen LogP contribution >= 0.6 is 26.6 Å². The zero-order chi connectivity index (χ0) is 12.5. The van der Waals surface area contributed by atoms with E-state index in [1.165, 1.54) is 6.07 Å². The van der Waals surface area contributed by atoms with Gasteiger partial charge in [0.05, 0.1) is 14.3 Å². The second kappa shape index (κ2) is 4.68. The minimum absolute atomic E-state index is 0.216. The Balaban J connectivity index is 3.60. The molecule has 0 aliphatic heterocycles. The molecule has 0 fully saturated rings. The molecule has 0 aliphatic rings. The molecule has 8 heteroatoms. The van der Waals surface area contributed by atoms with Crippen LogP contribution in [0.5, 0.6) is 0 Å². The fourth-order valence-corrected chi connectivity index (χ4v) is 2.96. The lowest BCUT2D eigenvalue weighted by molar-refractivity contribution is -0.385. The second-order valence-corrected chi connectivity index (χ2v) is 6.35. The molecule has 1 aromatic carbocycles. The number of hydrogen-bond acceptors (Lipinski definition) is 4. The van der Waals surface area contributed by atoms with Crippen LogP contribution in [0, 0.1) is 10.1 Å². The number of aryl methyl sites for hydroxylation is 1. The van der Waals surface area contributed by atoms with Gasteiger partial charge in [-0.05, 0) is 34.0 Å². The topological polar surface area (TPSA) is 77.3 Å². The van der Waals surface area contributed by atoms with E-state index in [-0.39, 0.29) is 15.1 Å². The first-order chi connectivity index (χ1) is 7.27. The van der Waals surface area contributed by atoms with Gasteiger partial charge in [-0.25, -0.2) is 8.42 Å². The van der Waals surface area contributed by atoms with Crippen molar-refractivity contribution < 1.29 is 13.3 Å². The highest BCUT2D eigenvalue weighted by molar-refractivity contribution is 9.10. The van der Waals surface area contributed by atoms with Gasteiger partial charge in [0, 0.05) is 16.7 Å². The van der Waals surface area contributed by atoms with Crippen LogP contribution in [0.2, 0.25) is 0 Å². The number of halogens is 2. The van der Waals surface area contributed by atoms with Crippen LogP contribution in [0.25, 0.3) is 0 Å². The molecule has 0 N–H and O–H groups in total. The van der Waals surface area contributed by atoms with Gasteiger partial charge in [-0.15, -0.1) is 0 Å². The van der Waals surface area contributed by atoms with Gasteiger partial charge >= 0.3 is 0 Å². The Morgan fingerprint density at radius 3 is 2.44 bits per heavy atom. The van der Waals surface area contributed by atoms with Gasteiger partial charge in [0.15, 0.2) is 0 Å². The summed E-state index contributed by atoms with van der Waals surface area (Å²) in [6.45, 7) is 1.74. The van der Waals surface area contributed by atoms with E-state index >= 15 is 0 Å². The van der Waals surface area contributed by atoms with Gasteiger partial charge in [-0.2, -0.15) is 0 Å². The van der Waals surface area contributed by atoms with E-state index in [0.29, 0.717) is 12.0 Å². The molecule has 1 aromatic rings. The fourth-order valence-electron chi connectivity index (χ4n) is 1.23. The minimum Gasteiger partial charge on any atom is -0.258 e. The van der Waals surface area contributed by atoms with Gasteiger partial charge in [0.2, 0.25) is 0 Å². The highest BCUT2D eigenvalue weighted by Gasteiger charge is 2.22. The van der Waals surface area contributed by atoms with Crippen molar-refractivity contribution in [1.29, 1.82) is 0 Å². The molecule has 0 aliphatic carbocycles. The second-order valence-electron chi connectivity index (χ2n) is 2.96. The van der Waals surface area contributed by atoms with Crippen molar-refractivity contribution >= 4 is 41.4 Å². The van der Waals surface area contributed by atoms with Crippen LogP contribution in [0.15, 0.2) is 21.5 Å². The van der Waals surface area contributed by atoms with Gasteiger partial charge in [0.1, 0.15) is 0 Å². The maximum atomic E-state index is 11.2. The Bertz CT molecular complexity index is 543. The third-order valence-corrected chi connectivity index (χ3v) is 4.01. The van der Waals surface area contributed by atoms with Crippen molar-refractivity contribution in [2.75, 3.05) is 0 Å². The fraction of sp³-hybridized carbons (Fsp3) is 0.250. The van der Waals surface area contributed by atoms with Gasteiger partial charge in [-0.3, -0.25) is 10.1 Å². The van der Waals surface area contributed by atoms with Gasteiger partial charge in [-0.1, -0.05) is 6.92 Å². The monoisotopic (exact) mass is 327 g/mol. The van der Waals surface area contributed by atoms with Crippen molar-refractivity contribution in [3.8, 4) is 0 Å². The molecule has 0 saturated carbocycles. The minimum atomic E-state index is -3.97. The zero-order valence-electron chi connectivity index (χ0n) is 8.11. The molecule has 0 saturated heterocycles. The Labute approximate surface area is 105 Å². The third-order valence-electron chi connectivity index (χ3n) is 1.97. The van der Waals surface area contributed by atoms with Crippen LogP contribution < -0.4 is 0 Å². The Kier molecular flexibility index (Phi) is 3.92. The largest absolute Gasteiger partial charge is 0.284 e. The molecule has 0 amide bonds. The van der Waals surface area contributed by atoms with Crippen LogP contribution in [-0.4, -0.2) is 13.3 Å². The zero-order valence-corrected chi connectivity index (χ0v) is 11.3. The summed E-state index contributed by atoms with van der Waals surface area (Å²) in [5.41, 5.74) is 0.115. The van der Waals surface area contributed by atoms with E-state index in [1.807, 2.05) is 0 Å². The average Bonchev–Trinajstić information content (AvgIpc) is 2.14. The molecular formula is C8H7BrClNO4S. The Hall–Kier alpha value is -0.660. The number of benzene rings is 1. The SMILES string of the molecule is CCc1cc(Br)c([N+](=O)[O-])cc1S(=O)(=O)Cl. The lowest BCUT2D eigenvalue weighted by Gasteiger charge is -2.05. The molecule has 0 radical (unpaired) electrons. The summed E-state index contributed by atoms with van der Waals surface area (Å²) in [6, 6.07) is 2.36. The summed E-state index contributed by atoms with van der Waals surface area (Å²) in [6.07, 6.45) is 0.415. The molecule has 0 unspecified atom stereocenters. The first-order valence-electron chi connectivity index (χ1n) is 4.18. The summed E-state index contributed by atoms with van der Waals surface area (Å²) >= 11 is 3.01. The number of nitrogens with zero attached hydrogens (tertiary/aromatic N) is 1. The lowest BCUT2D eigenvalue weighted by atomic mass is 10.1. The van der Waals surface area contributed by atoms with Crippen LogP contribution in [0.1, 0.15) is 12.5 Å². The van der Waals surface area contributed by atoms with E-state index in [4.69, 9.17) is 10.7 Å². The van der Waals surface area contributed by atoms with Crippen LogP contribution in [-0.2, 0) is 15.5 Å². The molecule has 16 heavy (non-hydrogen) atoms. The smallest absolute Gasteiger partial charge is 0.258 e. The van der Waals surface area contributed by atoms with Crippen molar-refractivity contribution in [2.45, 2.75) is 18.2 Å². The van der Waals surface area contributed by atoms with Crippen molar-refractivity contribution in [1.82, 2.24) is 0 Å². The van der Waals surface area contributed by atoms with E-state index in [1.54, 1.807) is 6.92 Å². The summed E-state index contributed by atoms with van der Waals surface area (Å²) in [4.78, 5) is 9.75. The molecule has 88 valence electrons. The van der Waals surface area contributed by atoms with Crippen molar-refractivity contribution in [3.63, 3.8) is 0 Å². The number of hydrogen-bond donors (Lipinski definition) is 0. The Morgan fingerprint density at radius 2 is 2.06 bits per heavy atom. The van der Waals surface area contributed by atoms with E-state index in [9.17, 15) is 18.5 Å². The summed E-state index contributed by atoms with van der Waals surface area (Å²) < 4.78 is 22.7. The van der Waals surface area contributed by atoms with Gasteiger partial charge in [0.25, 0.3) is 14.7 Å². The third kappa shape index (κ3) is 2.72. The molecule has 1 rings (SSSR count). The normalized spacial score (nSPS) is 11.4. The highest BCUT2D eigenvalue weighted by atomic mass is 79.9. The van der Waals surface area contributed by atoms with E-state index in [2.05, 4.69) is 15.9 Å². The lowest BCUT2D eigenvalue weighted by Crippen LogP contribution is -2.00. The molecule has 5 nitrogen and oxygen atoms in total. The molecular weight excluding hydrogens is 322 g/mol. The summed E-state index contributed by atoms with van der Waals surface area (Å²) in [5.74, 6) is 0. The average molecular weight is 329 g/mol. The summed E-state index contributed by atoms with van der Waals surface area (Å²) in [5, 5.41) is 10.6. The number of rotatable bonds is 3. The van der Waals surface area contributed by atoms with E-state index in [0.717, 1.165) is 6.07 Å². The Morgan fingerprint density at radius 1 is 1.50 bits per heavy atom. The predicted octanol–water partition coefficient (Wildman–Crippen LogP) is 2.85. The quantitative estimate of drug-likeness (QED) is 0.485. The summed E-state index contributed by atoms with van der Waals surface area (Å²) in [7, 11) is 1.23. The standard InChI is InChI=1S/C8H7BrClNO4S/c1-2-5-3-6(9)7(11(12)13)4-8(5)16(10,14)15/h3-4H,2H2,1H3. The number of nitro groups is 1. The first kappa shape index (κ1) is 13.4. The van der Waals surface area contributed by atoms with Gasteiger partial charge < -0.3 is 0 Å². The van der Waals surface area contributed by atoms with Crippen LogP contribution in [0.4, 0.5) is 5.69 Å². The maximum absolute atomic E-state index is 11.2. The van der Waals surface area contributed by atoms with Crippen molar-refractivity contribution in [2.24, 2.45) is 0 Å². The van der Waals surface area contributed by atoms with Crippen LogP contribution in [0.3, 0.4) is 0 Å². The highest BCUT2D eigenvalue weighted by Crippen LogP contribution is 2.32. The first-order valence-corrected chi connectivity index (χ1v) is 7.29. The predicted molar refractivity (Wildman–Crippen MR) is 63.2 cm³/mol. The molecule has 0 atom stereocenters. The van der Waals surface area contributed by atoms with Crippen molar-refractivity contribution in [3.05, 3.63) is 32.3 Å². The van der Waals surface area contributed by atoms with E-state index < -0.39 is 14.0 Å². The molecule has 0 spiro atoms. The molecule has 0 heterocycles. The molecule has 0 bridgehead atoms. The number of nitro benzene ring substituents is 1. The molecule has 0 aromatic heterocycles. The maximum Gasteiger partial charge on any atom is 0.284 e.